The lowest BCUT2D eigenvalue weighted by Crippen LogP contribution is -2.33. The van der Waals surface area contributed by atoms with Crippen molar-refractivity contribution >= 4 is 13.0 Å². The highest BCUT2D eigenvalue weighted by Gasteiger charge is 2.09. The maximum Gasteiger partial charge on any atom is 0.438 e. The lowest BCUT2D eigenvalue weighted by molar-refractivity contribution is -0.118. The van der Waals surface area contributed by atoms with Gasteiger partial charge >= 0.3 is 7.05 Å². The first-order valence-corrected chi connectivity index (χ1v) is 3.28. The molecule has 0 unspecified atom stereocenters. The Labute approximate surface area is 65.1 Å². The van der Waals surface area contributed by atoms with E-state index in [0.717, 1.165) is 0 Å². The molecule has 11 heavy (non-hydrogen) atoms. The maximum absolute atomic E-state index is 10.5. The molecule has 1 rings (SSSR count). The van der Waals surface area contributed by atoms with Crippen molar-refractivity contribution in [2.45, 2.75) is 6.92 Å². The maximum atomic E-state index is 10.5. The van der Waals surface area contributed by atoms with Gasteiger partial charge in [-0.15, -0.1) is 0 Å². The molecule has 0 aromatic heterocycles. The molecule has 1 amide bonds. The van der Waals surface area contributed by atoms with Crippen LogP contribution in [0.2, 0.25) is 0 Å². The van der Waals surface area contributed by atoms with Crippen molar-refractivity contribution in [3.05, 3.63) is 23.9 Å². The highest BCUT2D eigenvalue weighted by Crippen LogP contribution is 1.95. The number of hydrogen-bond acceptors (Lipinski definition) is 3. The molecular formula is C6H9BN2O2. The summed E-state index contributed by atoms with van der Waals surface area (Å²) in [5.41, 5.74) is 0.655. The van der Waals surface area contributed by atoms with E-state index < -0.39 is 7.05 Å². The molecule has 58 valence electrons. The van der Waals surface area contributed by atoms with Crippen LogP contribution in [0.4, 0.5) is 0 Å². The van der Waals surface area contributed by atoms with E-state index in [9.17, 15) is 4.79 Å². The number of amides is 1. The predicted octanol–water partition coefficient (Wildman–Crippen LogP) is -0.857. The Balaban J connectivity index is 2.50. The summed E-state index contributed by atoms with van der Waals surface area (Å²) in [6, 6.07) is 0. The number of allylic oxidation sites excluding steroid dienone is 1. The fraction of sp³-hybridized carbons (Fsp3) is 0.167. The van der Waals surface area contributed by atoms with Crippen LogP contribution >= 0.6 is 0 Å². The molecule has 1 aliphatic rings. The molecule has 1 aliphatic heterocycles. The molecule has 0 aromatic carbocycles. The minimum atomic E-state index is -0.646. The SMILES string of the molecule is CC(=O)NC1=CNB(O)C=C1. The number of carbonyl (C=O) groups excluding carboxylic acids is 1. The molecule has 0 aliphatic carbocycles. The third-order valence-electron chi connectivity index (χ3n) is 1.19. The smallest absolute Gasteiger partial charge is 0.429 e. The quantitative estimate of drug-likeness (QED) is 0.428. The van der Waals surface area contributed by atoms with Gasteiger partial charge in [-0.25, -0.2) is 0 Å². The molecule has 1 heterocycles. The third kappa shape index (κ3) is 2.47. The van der Waals surface area contributed by atoms with Crippen molar-refractivity contribution in [3.8, 4) is 0 Å². The Morgan fingerprint density at radius 2 is 2.55 bits per heavy atom. The zero-order valence-corrected chi connectivity index (χ0v) is 6.16. The van der Waals surface area contributed by atoms with Crippen molar-refractivity contribution in [2.75, 3.05) is 0 Å². The molecule has 0 spiro atoms. The summed E-state index contributed by atoms with van der Waals surface area (Å²) in [7, 11) is -0.646. The molecule has 0 radical (unpaired) electrons. The topological polar surface area (TPSA) is 61.4 Å². The van der Waals surface area contributed by atoms with E-state index >= 15 is 0 Å². The fourth-order valence-corrected chi connectivity index (χ4v) is 0.755. The first-order valence-electron chi connectivity index (χ1n) is 3.28. The van der Waals surface area contributed by atoms with Crippen LogP contribution in [-0.2, 0) is 4.79 Å². The van der Waals surface area contributed by atoms with E-state index in [1.54, 1.807) is 18.3 Å². The van der Waals surface area contributed by atoms with Crippen LogP contribution in [0.15, 0.2) is 23.9 Å². The van der Waals surface area contributed by atoms with Gasteiger partial charge in [-0.2, -0.15) is 0 Å². The van der Waals surface area contributed by atoms with Crippen LogP contribution in [-0.4, -0.2) is 18.0 Å². The summed E-state index contributed by atoms with van der Waals surface area (Å²) in [5.74, 6) is 1.42. The van der Waals surface area contributed by atoms with Gasteiger partial charge in [-0.05, 0) is 6.08 Å². The summed E-state index contributed by atoms with van der Waals surface area (Å²) in [5, 5.41) is 14.1. The number of carbonyl (C=O) groups is 1. The van der Waals surface area contributed by atoms with Crippen LogP contribution < -0.4 is 10.5 Å². The zero-order chi connectivity index (χ0) is 8.27. The molecule has 0 fully saturated rings. The number of rotatable bonds is 1. The lowest BCUT2D eigenvalue weighted by Gasteiger charge is -2.10. The van der Waals surface area contributed by atoms with Crippen molar-refractivity contribution in [1.82, 2.24) is 10.5 Å². The second-order valence-electron chi connectivity index (χ2n) is 2.25. The average molecular weight is 152 g/mol. The molecule has 4 nitrogen and oxygen atoms in total. The van der Waals surface area contributed by atoms with Gasteiger partial charge in [0.2, 0.25) is 5.91 Å². The lowest BCUT2D eigenvalue weighted by atomic mass is 9.82. The fourth-order valence-electron chi connectivity index (χ4n) is 0.755. The van der Waals surface area contributed by atoms with E-state index in [4.69, 9.17) is 5.02 Å². The molecule has 0 atom stereocenters. The van der Waals surface area contributed by atoms with Crippen molar-refractivity contribution < 1.29 is 9.82 Å². The van der Waals surface area contributed by atoms with Crippen molar-refractivity contribution in [2.24, 2.45) is 0 Å². The van der Waals surface area contributed by atoms with Gasteiger partial charge in [0, 0.05) is 13.1 Å². The van der Waals surface area contributed by atoms with Crippen molar-refractivity contribution in [1.29, 1.82) is 0 Å². The third-order valence-corrected chi connectivity index (χ3v) is 1.19. The van der Waals surface area contributed by atoms with Crippen LogP contribution in [0, 0.1) is 0 Å². The van der Waals surface area contributed by atoms with E-state index in [1.807, 2.05) is 0 Å². The predicted molar refractivity (Wildman–Crippen MR) is 42.1 cm³/mol. The second-order valence-corrected chi connectivity index (χ2v) is 2.25. The molecule has 0 aromatic rings. The van der Waals surface area contributed by atoms with Crippen molar-refractivity contribution in [3.63, 3.8) is 0 Å². The second kappa shape index (κ2) is 3.25. The van der Waals surface area contributed by atoms with Gasteiger partial charge in [0.25, 0.3) is 0 Å². The zero-order valence-electron chi connectivity index (χ0n) is 6.16. The highest BCUT2D eigenvalue weighted by atomic mass is 16.2. The Kier molecular flexibility index (Phi) is 2.33. The minimum Gasteiger partial charge on any atom is -0.429 e. The minimum absolute atomic E-state index is 0.126. The molecule has 0 saturated heterocycles. The largest absolute Gasteiger partial charge is 0.438 e. The monoisotopic (exact) mass is 152 g/mol. The molecule has 0 bridgehead atoms. The molecular weight excluding hydrogens is 143 g/mol. The van der Waals surface area contributed by atoms with Gasteiger partial charge in [0.05, 0.1) is 5.70 Å². The molecule has 3 N–H and O–H groups in total. The molecule has 0 saturated carbocycles. The Morgan fingerprint density at radius 3 is 3.00 bits per heavy atom. The van der Waals surface area contributed by atoms with Gasteiger partial charge < -0.3 is 15.6 Å². The van der Waals surface area contributed by atoms with Crippen LogP contribution in [0.5, 0.6) is 0 Å². The summed E-state index contributed by atoms with van der Waals surface area (Å²) in [6.07, 6.45) is 3.19. The van der Waals surface area contributed by atoms with Crippen LogP contribution in [0.25, 0.3) is 0 Å². The van der Waals surface area contributed by atoms with E-state index in [-0.39, 0.29) is 5.91 Å². The summed E-state index contributed by atoms with van der Waals surface area (Å²) >= 11 is 0. The summed E-state index contributed by atoms with van der Waals surface area (Å²) < 4.78 is 0. The first kappa shape index (κ1) is 7.88. The Morgan fingerprint density at radius 1 is 1.82 bits per heavy atom. The van der Waals surface area contributed by atoms with Gasteiger partial charge in [-0.1, -0.05) is 5.98 Å². The number of hydrogen-bond donors (Lipinski definition) is 3. The summed E-state index contributed by atoms with van der Waals surface area (Å²) in [4.78, 5) is 10.5. The standard InChI is InChI=1S/C6H9BN2O2/c1-5(10)9-6-2-3-7(11)8-4-6/h2-4,8,11H,1H3,(H,9,10). The highest BCUT2D eigenvalue weighted by molar-refractivity contribution is 6.54. The Hall–Kier alpha value is -1.23. The normalized spacial score (nSPS) is 15.5. The van der Waals surface area contributed by atoms with Crippen LogP contribution in [0.1, 0.15) is 6.92 Å². The summed E-state index contributed by atoms with van der Waals surface area (Å²) in [6.45, 7) is 1.43. The van der Waals surface area contributed by atoms with Gasteiger partial charge in [0.15, 0.2) is 0 Å². The van der Waals surface area contributed by atoms with E-state index in [1.165, 1.54) is 6.92 Å². The number of nitrogens with one attached hydrogen (secondary N) is 2. The van der Waals surface area contributed by atoms with Gasteiger partial charge in [0.1, 0.15) is 0 Å². The Bertz CT molecular complexity index is 225. The molecule has 5 heteroatoms. The van der Waals surface area contributed by atoms with E-state index in [2.05, 4.69) is 10.5 Å². The average Bonchev–Trinajstić information content (AvgIpc) is 1.93. The van der Waals surface area contributed by atoms with Crippen LogP contribution in [0.3, 0.4) is 0 Å². The van der Waals surface area contributed by atoms with E-state index in [0.29, 0.717) is 5.70 Å². The van der Waals surface area contributed by atoms with Gasteiger partial charge in [-0.3, -0.25) is 4.79 Å². The first-order chi connectivity index (χ1) is 5.18.